The molecule has 0 aromatic heterocycles. The number of nitrogens with two attached hydrogens (primary N) is 1. The molecule has 5 nitrogen and oxygen atoms in total. The van der Waals surface area contributed by atoms with Crippen LogP contribution in [-0.4, -0.2) is 29.3 Å². The molecule has 0 aliphatic carbocycles. The quantitative estimate of drug-likeness (QED) is 0.561. The molecule has 16 heavy (non-hydrogen) atoms. The van der Waals surface area contributed by atoms with E-state index in [1.54, 1.807) is 6.07 Å². The maximum Gasteiger partial charge on any atom is 0.491 e. The minimum Gasteiger partial charge on any atom is -0.480 e. The molecule has 84 valence electrons. The highest BCUT2D eigenvalue weighted by atomic mass is 16.5. The predicted molar refractivity (Wildman–Crippen MR) is 58.2 cm³/mol. The second-order valence-electron chi connectivity index (χ2n) is 3.85. The molecule has 0 amide bonds. The Morgan fingerprint density at radius 2 is 2.38 bits per heavy atom. The fourth-order valence-electron chi connectivity index (χ4n) is 1.73. The van der Waals surface area contributed by atoms with Gasteiger partial charge in [-0.1, -0.05) is 18.2 Å². The number of rotatable bonds is 3. The van der Waals surface area contributed by atoms with Crippen molar-refractivity contribution < 1.29 is 19.6 Å². The first-order valence-electron chi connectivity index (χ1n) is 4.97. The van der Waals surface area contributed by atoms with E-state index in [0.717, 1.165) is 11.1 Å². The molecular weight excluding hydrogens is 209 g/mol. The van der Waals surface area contributed by atoms with E-state index in [2.05, 4.69) is 0 Å². The molecule has 0 saturated carbocycles. The van der Waals surface area contributed by atoms with Crippen molar-refractivity contribution in [1.82, 2.24) is 0 Å². The Kier molecular flexibility index (Phi) is 2.96. The zero-order valence-corrected chi connectivity index (χ0v) is 8.59. The van der Waals surface area contributed by atoms with E-state index >= 15 is 0 Å². The van der Waals surface area contributed by atoms with Crippen LogP contribution in [0.1, 0.15) is 11.1 Å². The van der Waals surface area contributed by atoms with Gasteiger partial charge in [0.25, 0.3) is 0 Å². The molecule has 0 unspecified atom stereocenters. The predicted octanol–water partition coefficient (Wildman–Crippen LogP) is -1.14. The summed E-state index contributed by atoms with van der Waals surface area (Å²) in [5.41, 5.74) is 7.86. The third-order valence-electron chi connectivity index (χ3n) is 2.65. The van der Waals surface area contributed by atoms with Crippen LogP contribution in [0, 0.1) is 0 Å². The lowest BCUT2D eigenvalue weighted by Gasteiger charge is -2.07. The summed E-state index contributed by atoms with van der Waals surface area (Å²) in [7, 11) is -0.906. The van der Waals surface area contributed by atoms with Crippen LogP contribution in [0.3, 0.4) is 0 Å². The Morgan fingerprint density at radius 3 is 3.06 bits per heavy atom. The zero-order chi connectivity index (χ0) is 11.7. The third-order valence-corrected chi connectivity index (χ3v) is 2.65. The molecule has 0 bridgehead atoms. The Bertz CT molecular complexity index is 423. The number of benzene rings is 1. The van der Waals surface area contributed by atoms with Crippen molar-refractivity contribution in [2.24, 2.45) is 5.73 Å². The van der Waals surface area contributed by atoms with Gasteiger partial charge in [-0.25, -0.2) is 0 Å². The number of hydrogen-bond acceptors (Lipinski definition) is 4. The smallest absolute Gasteiger partial charge is 0.480 e. The Morgan fingerprint density at radius 1 is 1.62 bits per heavy atom. The summed E-state index contributed by atoms with van der Waals surface area (Å²) < 4.78 is 5.04. The van der Waals surface area contributed by atoms with Gasteiger partial charge in [0.05, 0.1) is 6.61 Å². The van der Waals surface area contributed by atoms with Gasteiger partial charge in [-0.05, 0) is 23.0 Å². The normalized spacial score (nSPS) is 16.0. The molecule has 0 saturated heterocycles. The highest BCUT2D eigenvalue weighted by Gasteiger charge is 2.27. The second-order valence-corrected chi connectivity index (χ2v) is 3.85. The van der Waals surface area contributed by atoms with E-state index in [9.17, 15) is 9.82 Å². The summed E-state index contributed by atoms with van der Waals surface area (Å²) in [6, 6.07) is 4.46. The summed E-state index contributed by atoms with van der Waals surface area (Å²) in [5, 5.41) is 18.2. The van der Waals surface area contributed by atoms with E-state index in [1.807, 2.05) is 12.1 Å². The third kappa shape index (κ3) is 2.09. The van der Waals surface area contributed by atoms with Crippen molar-refractivity contribution in [2.75, 3.05) is 0 Å². The molecule has 1 aromatic rings. The van der Waals surface area contributed by atoms with Crippen LogP contribution >= 0.6 is 0 Å². The van der Waals surface area contributed by atoms with Crippen LogP contribution in [0.25, 0.3) is 0 Å². The monoisotopic (exact) mass is 221 g/mol. The molecule has 1 atom stereocenters. The molecule has 0 fully saturated rings. The lowest BCUT2D eigenvalue weighted by atomic mass is 9.78. The average Bonchev–Trinajstić information content (AvgIpc) is 2.60. The SMILES string of the molecule is N[C@@H](Cc1ccc2c(c1)B(O)OC2)C(=O)O. The van der Waals surface area contributed by atoms with Crippen LogP contribution in [0.15, 0.2) is 18.2 Å². The standard InChI is InChI=1S/C10H12BNO4/c12-9(10(13)14)4-6-1-2-7-5-16-11(15)8(7)3-6/h1-3,9,15H,4-5,12H2,(H,13,14)/t9-/m0/s1. The van der Waals surface area contributed by atoms with E-state index < -0.39 is 19.1 Å². The van der Waals surface area contributed by atoms with Crippen LogP contribution in [0.2, 0.25) is 0 Å². The highest BCUT2D eigenvalue weighted by molar-refractivity contribution is 6.61. The Labute approximate surface area is 93.0 Å². The van der Waals surface area contributed by atoms with Gasteiger partial charge in [0.2, 0.25) is 0 Å². The maximum absolute atomic E-state index is 10.6. The van der Waals surface area contributed by atoms with E-state index in [1.165, 1.54) is 0 Å². The molecule has 6 heteroatoms. The van der Waals surface area contributed by atoms with E-state index in [0.29, 0.717) is 12.1 Å². The summed E-state index contributed by atoms with van der Waals surface area (Å²) in [4.78, 5) is 10.6. The largest absolute Gasteiger partial charge is 0.491 e. The number of carboxylic acids is 1. The molecule has 0 radical (unpaired) electrons. The number of hydrogen-bond donors (Lipinski definition) is 3. The summed E-state index contributed by atoms with van der Waals surface area (Å²) >= 11 is 0. The van der Waals surface area contributed by atoms with Gasteiger partial charge in [-0.3, -0.25) is 4.79 Å². The number of carboxylic acid groups (broad SMARTS) is 1. The summed E-state index contributed by atoms with van der Waals surface area (Å²) in [6.45, 7) is 0.391. The highest BCUT2D eigenvalue weighted by Crippen LogP contribution is 2.12. The van der Waals surface area contributed by atoms with Gasteiger partial charge in [0.1, 0.15) is 6.04 Å². The van der Waals surface area contributed by atoms with Gasteiger partial charge >= 0.3 is 13.1 Å². The first kappa shape index (κ1) is 11.1. The summed E-state index contributed by atoms with van der Waals surface area (Å²) in [5.74, 6) is -1.03. The molecule has 4 N–H and O–H groups in total. The van der Waals surface area contributed by atoms with Crippen molar-refractivity contribution in [3.05, 3.63) is 29.3 Å². The maximum atomic E-state index is 10.6. The van der Waals surface area contributed by atoms with Gasteiger partial charge in [0.15, 0.2) is 0 Å². The van der Waals surface area contributed by atoms with Crippen LogP contribution in [0.4, 0.5) is 0 Å². The van der Waals surface area contributed by atoms with Gasteiger partial charge < -0.3 is 20.5 Å². The first-order chi connectivity index (χ1) is 7.58. The Hall–Kier alpha value is -1.37. The number of fused-ring (bicyclic) bond motifs is 1. The molecule has 0 spiro atoms. The van der Waals surface area contributed by atoms with Gasteiger partial charge in [0, 0.05) is 0 Å². The van der Waals surface area contributed by atoms with Crippen LogP contribution in [-0.2, 0) is 22.5 Å². The molecule has 1 aliphatic rings. The lowest BCUT2D eigenvalue weighted by Crippen LogP contribution is -2.33. The van der Waals surface area contributed by atoms with Crippen molar-refractivity contribution >= 4 is 18.6 Å². The fraction of sp³-hybridized carbons (Fsp3) is 0.300. The van der Waals surface area contributed by atoms with Crippen molar-refractivity contribution in [1.29, 1.82) is 0 Å². The minimum absolute atomic E-state index is 0.245. The van der Waals surface area contributed by atoms with Crippen molar-refractivity contribution in [3.63, 3.8) is 0 Å². The lowest BCUT2D eigenvalue weighted by molar-refractivity contribution is -0.138. The van der Waals surface area contributed by atoms with Gasteiger partial charge in [-0.2, -0.15) is 0 Å². The van der Waals surface area contributed by atoms with Crippen LogP contribution in [0.5, 0.6) is 0 Å². The second kappa shape index (κ2) is 4.25. The molecule has 1 heterocycles. The van der Waals surface area contributed by atoms with Crippen molar-refractivity contribution in [2.45, 2.75) is 19.1 Å². The summed E-state index contributed by atoms with van der Waals surface area (Å²) in [6.07, 6.45) is 0.245. The van der Waals surface area contributed by atoms with Crippen molar-refractivity contribution in [3.8, 4) is 0 Å². The number of aliphatic carboxylic acids is 1. The average molecular weight is 221 g/mol. The topological polar surface area (TPSA) is 92.8 Å². The molecule has 2 rings (SSSR count). The van der Waals surface area contributed by atoms with E-state index in [-0.39, 0.29) is 6.42 Å². The Balaban J connectivity index is 2.18. The first-order valence-corrected chi connectivity index (χ1v) is 4.97. The molecule has 1 aliphatic heterocycles. The number of carbonyl (C=O) groups is 1. The van der Waals surface area contributed by atoms with E-state index in [4.69, 9.17) is 15.5 Å². The molecular formula is C10H12BNO4. The van der Waals surface area contributed by atoms with Crippen LogP contribution < -0.4 is 11.2 Å². The molecule has 1 aromatic carbocycles. The minimum atomic E-state index is -1.03. The van der Waals surface area contributed by atoms with Gasteiger partial charge in [-0.15, -0.1) is 0 Å². The zero-order valence-electron chi connectivity index (χ0n) is 8.59. The fourth-order valence-corrected chi connectivity index (χ4v) is 1.73.